The van der Waals surface area contributed by atoms with E-state index >= 15 is 0 Å². The van der Waals surface area contributed by atoms with Gasteiger partial charge < -0.3 is 0 Å². The molecule has 0 amide bonds. The predicted molar refractivity (Wildman–Crippen MR) is 242 cm³/mol. The molecule has 8 aromatic rings. The van der Waals surface area contributed by atoms with Gasteiger partial charge in [-0.05, 0) is 0 Å². The van der Waals surface area contributed by atoms with E-state index in [0.717, 1.165) is 0 Å². The summed E-state index contributed by atoms with van der Waals surface area (Å²) >= 11 is -4.80. The third kappa shape index (κ3) is 5.33. The van der Waals surface area contributed by atoms with E-state index in [1.54, 1.807) is 6.54 Å². The zero-order chi connectivity index (χ0) is 35.9. The van der Waals surface area contributed by atoms with Gasteiger partial charge in [-0.3, -0.25) is 0 Å². The summed E-state index contributed by atoms with van der Waals surface area (Å²) in [6.45, 7) is 9.46. The maximum absolute atomic E-state index is 4.80. The summed E-state index contributed by atoms with van der Waals surface area (Å²) in [7, 11) is 0. The third-order valence-corrected chi connectivity index (χ3v) is 40.8. The van der Waals surface area contributed by atoms with Gasteiger partial charge in [0.1, 0.15) is 0 Å². The Balaban J connectivity index is 0.00000214. The van der Waals surface area contributed by atoms with E-state index in [2.05, 4.69) is 204 Å². The van der Waals surface area contributed by atoms with Crippen LogP contribution in [0.3, 0.4) is 0 Å². The van der Waals surface area contributed by atoms with Crippen LogP contribution in [-0.4, -0.2) is 6.88 Å². The van der Waals surface area contributed by atoms with Crippen molar-refractivity contribution in [3.05, 3.63) is 209 Å². The van der Waals surface area contributed by atoms with Crippen LogP contribution in [0.4, 0.5) is 0 Å². The van der Waals surface area contributed by atoms with Crippen molar-refractivity contribution in [3.8, 4) is 22.3 Å². The van der Waals surface area contributed by atoms with Crippen molar-refractivity contribution >= 4 is 65.9 Å². The van der Waals surface area contributed by atoms with E-state index in [9.17, 15) is 0 Å². The van der Waals surface area contributed by atoms with Gasteiger partial charge in [0.05, 0.1) is 0 Å². The molecule has 8 aromatic carbocycles. The summed E-state index contributed by atoms with van der Waals surface area (Å²) in [6.07, 6.45) is 2.58. The molecule has 2 aliphatic carbocycles. The Morgan fingerprint density at radius 2 is 0.945 bits per heavy atom. The molecule has 1 unspecified atom stereocenters. The van der Waals surface area contributed by atoms with Crippen molar-refractivity contribution in [1.29, 1.82) is 0 Å². The summed E-state index contributed by atoms with van der Waals surface area (Å²) < 4.78 is 3.62. The standard InChI is InChI=1S/C24H17.C15H13.2C6H5.2ClH.H2Si.Zr/c1-16-13-17-8-6-12-22(23(17)14-16)24-15-18-7-2-3-9-19(18)20-10-4-5-11-21(20)24;1-10-3-5-14-12(7-10)9-13-8-11(2)4-6-15(13)14;2*1-2-4-6-5-3-1;;;;/h2-15H,1H3;3-9H,1-2H3;2*1-5H;2*1H;1H2;. The van der Waals surface area contributed by atoms with Crippen LogP contribution in [0.25, 0.3) is 49.9 Å². The minimum absolute atomic E-state index is 0. The number of halogens is 2. The van der Waals surface area contributed by atoms with E-state index in [1.165, 1.54) is 82.8 Å². The van der Waals surface area contributed by atoms with Gasteiger partial charge in [-0.15, -0.1) is 24.8 Å². The van der Waals surface area contributed by atoms with E-state index in [0.29, 0.717) is 0 Å². The molecule has 4 heteroatoms. The van der Waals surface area contributed by atoms with Crippen molar-refractivity contribution < 1.29 is 17.4 Å². The Morgan fingerprint density at radius 3 is 1.55 bits per heavy atom. The minimum Gasteiger partial charge on any atom is -0.147 e. The zero-order valence-corrected chi connectivity index (χ0v) is 36.9. The van der Waals surface area contributed by atoms with Gasteiger partial charge >= 0.3 is 318 Å². The van der Waals surface area contributed by atoms with Crippen molar-refractivity contribution in [2.24, 2.45) is 0 Å². The molecule has 0 nitrogen and oxygen atoms in total. The molecule has 2 aliphatic rings. The molecule has 0 heterocycles. The van der Waals surface area contributed by atoms with E-state index in [4.69, 9.17) is 0 Å². The van der Waals surface area contributed by atoms with Gasteiger partial charge in [-0.1, -0.05) is 0 Å². The van der Waals surface area contributed by atoms with Crippen LogP contribution in [-0.2, 0) is 17.4 Å². The quantitative estimate of drug-likeness (QED) is 0.120. The summed E-state index contributed by atoms with van der Waals surface area (Å²) in [5.41, 5.74) is 15.5. The molecule has 1 atom stereocenters. The number of allylic oxidation sites excluding steroid dienone is 1. The predicted octanol–water partition coefficient (Wildman–Crippen LogP) is 12.2. The number of aryl methyl sites for hydroxylation is 2. The van der Waals surface area contributed by atoms with Crippen LogP contribution in [0.15, 0.2) is 175 Å². The van der Waals surface area contributed by atoms with Crippen LogP contribution in [0, 0.1) is 13.8 Å². The third-order valence-electron chi connectivity index (χ3n) is 12.9. The summed E-state index contributed by atoms with van der Waals surface area (Å²) in [5, 5.41) is 5.22. The van der Waals surface area contributed by atoms with Gasteiger partial charge in [0.25, 0.3) is 0 Å². The molecule has 270 valence electrons. The summed E-state index contributed by atoms with van der Waals surface area (Å²) in [5.74, 6) is 0. The second kappa shape index (κ2) is 14.0. The normalized spacial score (nSPS) is 14.8. The van der Waals surface area contributed by atoms with Gasteiger partial charge in [0.2, 0.25) is 0 Å². The molecule has 0 radical (unpaired) electrons. The SMILES string of the molecule is CC1=Cc2c(-c3cc4ccccc4c4ccccc34)cccc2[CH]1[Zr](=[SiH2])([c]1ccccc1)([c]1ccccc1)[CH]1c2cc(C)ccc2-c2ccc(C)cc21.Cl.Cl. The Morgan fingerprint density at radius 1 is 0.418 bits per heavy atom. The molecule has 0 saturated heterocycles. The monoisotopic (exact) mass is 844 g/mol. The fraction of sp³-hybridized carbons (Fsp3) is 0.0980. The number of hydrogen-bond acceptors (Lipinski definition) is 0. The van der Waals surface area contributed by atoms with Crippen molar-refractivity contribution in [1.82, 2.24) is 0 Å². The molecule has 0 saturated carbocycles. The molecule has 10 rings (SSSR count). The van der Waals surface area contributed by atoms with Gasteiger partial charge in [-0.25, -0.2) is 0 Å². The number of benzene rings is 8. The second-order valence-electron chi connectivity index (χ2n) is 15.8. The van der Waals surface area contributed by atoms with Crippen LogP contribution in [0.1, 0.15) is 47.6 Å². The largest absolute Gasteiger partial charge is 0.147 e. The average Bonchev–Trinajstić information content (AvgIpc) is 3.72. The summed E-state index contributed by atoms with van der Waals surface area (Å²) in [6, 6.07) is 65.6. The van der Waals surface area contributed by atoms with Gasteiger partial charge in [0.15, 0.2) is 0 Å². The van der Waals surface area contributed by atoms with Crippen molar-refractivity contribution in [3.63, 3.8) is 0 Å². The van der Waals surface area contributed by atoms with Crippen LogP contribution >= 0.6 is 24.8 Å². The second-order valence-corrected chi connectivity index (χ2v) is 38.5. The molecular formula is C51H44Cl2SiZr. The molecule has 0 bridgehead atoms. The van der Waals surface area contributed by atoms with E-state index in [-0.39, 0.29) is 32.1 Å². The van der Waals surface area contributed by atoms with Crippen LogP contribution in [0.2, 0.25) is 0 Å². The fourth-order valence-electron chi connectivity index (χ4n) is 10.8. The van der Waals surface area contributed by atoms with Crippen LogP contribution in [0.5, 0.6) is 0 Å². The minimum atomic E-state index is -4.80. The number of rotatable bonds is 5. The first kappa shape index (κ1) is 37.6. The smallest absolute Gasteiger partial charge is 0.147 e. The zero-order valence-electron chi connectivity index (χ0n) is 31.4. The molecular weight excluding hydrogens is 803 g/mol. The average molecular weight is 847 g/mol. The maximum Gasteiger partial charge on any atom is -0.147 e. The van der Waals surface area contributed by atoms with E-state index < -0.39 is 17.4 Å². The Kier molecular flexibility index (Phi) is 9.59. The number of hydrogen-bond donors (Lipinski definition) is 0. The first-order valence-corrected chi connectivity index (χ1v) is 30.2. The van der Waals surface area contributed by atoms with Gasteiger partial charge in [-0.2, -0.15) is 0 Å². The van der Waals surface area contributed by atoms with Crippen molar-refractivity contribution in [2.75, 3.05) is 0 Å². The van der Waals surface area contributed by atoms with E-state index in [1.807, 2.05) is 0 Å². The summed E-state index contributed by atoms with van der Waals surface area (Å²) in [4.78, 5) is 0. The first-order chi connectivity index (χ1) is 25.9. The topological polar surface area (TPSA) is 0 Å². The number of fused-ring (bicyclic) bond motifs is 7. The van der Waals surface area contributed by atoms with Crippen molar-refractivity contribution in [2.45, 2.75) is 28.0 Å². The molecule has 0 spiro atoms. The fourth-order valence-corrected chi connectivity index (χ4v) is 38.9. The Bertz CT molecular complexity index is 2800. The molecule has 0 aromatic heterocycles. The molecule has 55 heavy (non-hydrogen) atoms. The van der Waals surface area contributed by atoms with Gasteiger partial charge in [0, 0.05) is 0 Å². The molecule has 0 fully saturated rings. The Hall–Kier alpha value is -4.30. The molecule has 0 N–H and O–H groups in total. The van der Waals surface area contributed by atoms with Crippen LogP contribution < -0.4 is 6.54 Å². The maximum atomic E-state index is 2.58. The molecule has 0 aliphatic heterocycles. The Labute approximate surface area is 339 Å². The first-order valence-electron chi connectivity index (χ1n) is 18.9.